The third-order valence-corrected chi connectivity index (χ3v) is 13.8. The number of nitrogens with zero attached hydrogens (tertiary/aromatic N) is 5. The number of anilines is 4. The second-order valence-corrected chi connectivity index (χ2v) is 20.3. The van der Waals surface area contributed by atoms with Gasteiger partial charge in [-0.05, 0) is 80.0 Å². The number of furan rings is 1. The Morgan fingerprint density at radius 3 is 1.34 bits per heavy atom. The van der Waals surface area contributed by atoms with E-state index in [0.29, 0.717) is 32.7 Å². The van der Waals surface area contributed by atoms with E-state index in [2.05, 4.69) is 21.3 Å². The molecule has 2 aromatic carbocycles. The first-order valence-corrected chi connectivity index (χ1v) is 24.7. The van der Waals surface area contributed by atoms with E-state index in [1.807, 2.05) is 0 Å². The number of hydrogen-bond acceptors (Lipinski definition) is 20. The van der Waals surface area contributed by atoms with Crippen molar-refractivity contribution in [1.29, 1.82) is 0 Å². The standard InChI is InChI=1S/C13H9F3N2O3S.C12H10N2O3S.C10H8N2O3S2.C9H5N3O6S/c1-7-5-10(18(20)21)12(22-7)17-11(19)8-3-2-4-9(6-8)13(14,15)16;1-8-7-10(14(16)17)12(18-8)13-11(15)9-5-3-2-4-6-9;1-6-5-7(12(14)15)10(17-6)11-9(13)8-3-2-4-16-8;13-8(5-1-2-18-4-5)10-9-6(11(14)15)3-7(19-9)12(16)17/h2-6H,1H3,(H,17,19);2-7H,1H3,(H,13,15);2-5H,1H3,(H,11,13);1-4H,(H,10,13). The Morgan fingerprint density at radius 1 is 0.487 bits per heavy atom. The Kier molecular flexibility index (Phi) is 19.5. The van der Waals surface area contributed by atoms with E-state index in [4.69, 9.17) is 4.42 Å². The van der Waals surface area contributed by atoms with Crippen molar-refractivity contribution in [3.05, 3.63) is 207 Å². The SMILES string of the molecule is Cc1cc([N+](=O)[O-])c(NC(=O)c2cccc(C(F)(F)F)c2)s1.Cc1cc([N+](=O)[O-])c(NC(=O)c2ccccc2)s1.Cc1cc([N+](=O)[O-])c(NC(=O)c2cccs2)s1.O=C(Nc1sc([N+](=O)[O-])cc1[N+](=O)[O-])c1ccoc1. The molecule has 0 saturated heterocycles. The number of thiophene rings is 5. The van der Waals surface area contributed by atoms with Gasteiger partial charge in [0.15, 0.2) is 20.0 Å². The van der Waals surface area contributed by atoms with Crippen molar-refractivity contribution in [2.75, 3.05) is 21.3 Å². The summed E-state index contributed by atoms with van der Waals surface area (Å²) in [5.41, 5.74) is -1.49. The highest BCUT2D eigenvalue weighted by molar-refractivity contribution is 7.20. The van der Waals surface area contributed by atoms with E-state index in [-0.39, 0.29) is 60.0 Å². The van der Waals surface area contributed by atoms with Crippen molar-refractivity contribution in [2.45, 2.75) is 26.9 Å². The minimum atomic E-state index is -4.57. The molecule has 8 aromatic rings. The van der Waals surface area contributed by atoms with Crippen LogP contribution in [0.4, 0.5) is 60.9 Å². The van der Waals surface area contributed by atoms with Crippen LogP contribution >= 0.6 is 56.7 Å². The predicted octanol–water partition coefficient (Wildman–Crippen LogP) is 13.1. The van der Waals surface area contributed by atoms with Crippen LogP contribution in [0.3, 0.4) is 0 Å². The van der Waals surface area contributed by atoms with Gasteiger partial charge in [0.05, 0.1) is 46.9 Å². The van der Waals surface area contributed by atoms with Gasteiger partial charge in [-0.3, -0.25) is 69.7 Å². The second kappa shape index (κ2) is 25.7. The minimum Gasteiger partial charge on any atom is -0.472 e. The van der Waals surface area contributed by atoms with E-state index in [9.17, 15) is 82.9 Å². The Hall–Kier alpha value is -9.11. The molecule has 8 rings (SSSR count). The van der Waals surface area contributed by atoms with Gasteiger partial charge in [0.1, 0.15) is 12.3 Å². The monoisotopic (exact) mass is 1140 g/mol. The molecule has 6 aromatic heterocycles. The molecular formula is C44H32F3N9O15S5. The third-order valence-electron chi connectivity index (χ3n) is 9.10. The van der Waals surface area contributed by atoms with E-state index < -0.39 is 58.9 Å². The molecule has 4 amide bonds. The number of aryl methyl sites for hydroxylation is 3. The summed E-state index contributed by atoms with van der Waals surface area (Å²) >= 11 is 5.18. The van der Waals surface area contributed by atoms with Crippen molar-refractivity contribution < 1.29 is 61.4 Å². The lowest BCUT2D eigenvalue weighted by molar-refractivity contribution is -0.389. The molecule has 0 spiro atoms. The normalized spacial score (nSPS) is 10.4. The van der Waals surface area contributed by atoms with Crippen LogP contribution in [0.15, 0.2) is 119 Å². The van der Waals surface area contributed by atoms with E-state index >= 15 is 0 Å². The van der Waals surface area contributed by atoms with Crippen molar-refractivity contribution >= 4 is 128 Å². The summed E-state index contributed by atoms with van der Waals surface area (Å²) in [5, 5.41) is 65.1. The Morgan fingerprint density at radius 2 is 0.921 bits per heavy atom. The van der Waals surface area contributed by atoms with Crippen LogP contribution < -0.4 is 21.3 Å². The maximum absolute atomic E-state index is 12.6. The number of hydrogen-bond donors (Lipinski definition) is 4. The Balaban J connectivity index is 0.000000188. The highest BCUT2D eigenvalue weighted by Gasteiger charge is 2.32. The zero-order chi connectivity index (χ0) is 56.0. The predicted molar refractivity (Wildman–Crippen MR) is 277 cm³/mol. The van der Waals surface area contributed by atoms with Gasteiger partial charge in [-0.25, -0.2) is 0 Å². The quantitative estimate of drug-likeness (QED) is 0.0616. The molecule has 0 atom stereocenters. The summed E-state index contributed by atoms with van der Waals surface area (Å²) in [6.45, 7) is 5.14. The van der Waals surface area contributed by atoms with Crippen LogP contribution in [0.25, 0.3) is 0 Å². The van der Waals surface area contributed by atoms with Crippen LogP contribution in [0.1, 0.15) is 60.9 Å². The zero-order valence-corrected chi connectivity index (χ0v) is 42.6. The number of alkyl halides is 3. The fourth-order valence-corrected chi connectivity index (χ4v) is 9.86. The van der Waals surface area contributed by atoms with Crippen LogP contribution in [0.2, 0.25) is 0 Å². The average molecular weight is 1140 g/mol. The molecule has 0 unspecified atom stereocenters. The first-order valence-electron chi connectivity index (χ1n) is 20.5. The van der Waals surface area contributed by atoms with E-state index in [0.717, 1.165) is 45.6 Å². The fourth-order valence-electron chi connectivity index (χ4n) is 5.78. The maximum Gasteiger partial charge on any atom is 0.416 e. The molecule has 24 nitrogen and oxygen atoms in total. The summed E-state index contributed by atoms with van der Waals surface area (Å²) in [6, 6.07) is 22.2. The molecule has 0 aliphatic rings. The number of benzene rings is 2. The summed E-state index contributed by atoms with van der Waals surface area (Å²) in [5.74, 6) is -2.14. The number of rotatable bonds is 13. The number of nitro groups is 5. The molecule has 0 saturated carbocycles. The van der Waals surface area contributed by atoms with Gasteiger partial charge < -0.3 is 25.7 Å². The van der Waals surface area contributed by atoms with Gasteiger partial charge in [0.25, 0.3) is 23.6 Å². The third kappa shape index (κ3) is 15.9. The Labute approximate surface area is 442 Å². The molecule has 0 fully saturated rings. The van der Waals surface area contributed by atoms with Gasteiger partial charge in [-0.1, -0.05) is 30.3 Å². The minimum absolute atomic E-state index is 0.00934. The van der Waals surface area contributed by atoms with Crippen LogP contribution in [0, 0.1) is 71.3 Å². The van der Waals surface area contributed by atoms with Crippen molar-refractivity contribution in [2.24, 2.45) is 0 Å². The summed E-state index contributed by atoms with van der Waals surface area (Å²) < 4.78 is 42.5. The molecule has 0 bridgehead atoms. The van der Waals surface area contributed by atoms with Crippen LogP contribution in [-0.2, 0) is 6.18 Å². The zero-order valence-electron chi connectivity index (χ0n) is 38.5. The number of carbonyl (C=O) groups excluding carboxylic acids is 4. The average Bonchev–Trinajstić information content (AvgIpc) is 4.23. The highest BCUT2D eigenvalue weighted by atomic mass is 32.1. The molecular weight excluding hydrogens is 1110 g/mol. The molecule has 0 aliphatic heterocycles. The van der Waals surface area contributed by atoms with E-state index in [1.54, 1.807) is 68.6 Å². The molecule has 6 heterocycles. The van der Waals surface area contributed by atoms with Gasteiger partial charge in [0, 0.05) is 44.0 Å². The lowest BCUT2D eigenvalue weighted by Crippen LogP contribution is -2.13. The Bertz CT molecular complexity index is 3450. The number of nitrogens with one attached hydrogen (secondary N) is 4. The fraction of sp³-hybridized carbons (Fsp3) is 0.0909. The highest BCUT2D eigenvalue weighted by Crippen LogP contribution is 2.40. The number of halogens is 3. The molecule has 32 heteroatoms. The summed E-state index contributed by atoms with van der Waals surface area (Å²) in [6.07, 6.45) is -2.15. The topological polar surface area (TPSA) is 345 Å². The molecule has 0 radical (unpaired) electrons. The van der Waals surface area contributed by atoms with Gasteiger partial charge in [0.2, 0.25) is 0 Å². The number of carbonyl (C=O) groups is 4. The summed E-state index contributed by atoms with van der Waals surface area (Å²) in [4.78, 5) is 101. The second-order valence-electron chi connectivity index (χ2n) is 14.5. The van der Waals surface area contributed by atoms with Gasteiger partial charge in [-0.15, -0.1) is 45.3 Å². The van der Waals surface area contributed by atoms with Gasteiger partial charge in [-0.2, -0.15) is 13.2 Å². The van der Waals surface area contributed by atoms with Crippen molar-refractivity contribution in [3.63, 3.8) is 0 Å². The first-order chi connectivity index (χ1) is 35.8. The molecule has 76 heavy (non-hydrogen) atoms. The lowest BCUT2D eigenvalue weighted by Gasteiger charge is -2.08. The molecule has 0 aliphatic carbocycles. The largest absolute Gasteiger partial charge is 0.472 e. The number of amides is 4. The molecule has 4 N–H and O–H groups in total. The van der Waals surface area contributed by atoms with E-state index in [1.165, 1.54) is 70.6 Å². The van der Waals surface area contributed by atoms with Crippen LogP contribution in [0.5, 0.6) is 0 Å². The van der Waals surface area contributed by atoms with Crippen molar-refractivity contribution in [1.82, 2.24) is 0 Å². The molecule has 394 valence electrons. The lowest BCUT2D eigenvalue weighted by atomic mass is 10.1. The summed E-state index contributed by atoms with van der Waals surface area (Å²) in [7, 11) is 0. The first kappa shape index (κ1) is 57.8. The van der Waals surface area contributed by atoms with Crippen molar-refractivity contribution in [3.8, 4) is 0 Å². The van der Waals surface area contributed by atoms with Gasteiger partial charge >= 0.3 is 33.9 Å². The van der Waals surface area contributed by atoms with Crippen LogP contribution in [-0.4, -0.2) is 48.2 Å². The maximum atomic E-state index is 12.6. The smallest absolute Gasteiger partial charge is 0.416 e.